The van der Waals surface area contributed by atoms with E-state index in [0.29, 0.717) is 25.1 Å². The number of rotatable bonds is 5. The molecule has 1 heterocycles. The number of benzene rings is 1. The molecule has 2 atom stereocenters. The van der Waals surface area contributed by atoms with Crippen molar-refractivity contribution in [2.24, 2.45) is 5.92 Å². The first-order valence-electron chi connectivity index (χ1n) is 7.58. The number of aliphatic hydroxyl groups excluding tert-OH is 2. The number of amides is 1. The molecule has 5 nitrogen and oxygen atoms in total. The molecule has 0 bridgehead atoms. The molecule has 1 aromatic carbocycles. The smallest absolute Gasteiger partial charge is 0.255 e. The van der Waals surface area contributed by atoms with Crippen molar-refractivity contribution in [1.29, 1.82) is 0 Å². The fourth-order valence-corrected chi connectivity index (χ4v) is 2.64. The maximum Gasteiger partial charge on any atom is 0.255 e. The highest BCUT2D eigenvalue weighted by Gasteiger charge is 2.30. The van der Waals surface area contributed by atoms with Crippen LogP contribution in [0.3, 0.4) is 0 Å². The summed E-state index contributed by atoms with van der Waals surface area (Å²) in [6, 6.07) is 7.49. The van der Waals surface area contributed by atoms with E-state index < -0.39 is 6.10 Å². The van der Waals surface area contributed by atoms with E-state index in [2.05, 4.69) is 12.2 Å². The SMILES string of the molecule is CCCNc1ccccc1C(=O)N1CC[C@@H](O)[C@@H](CO)C1. The number of piperidine rings is 1. The molecule has 2 rings (SSSR count). The second-order valence-electron chi connectivity index (χ2n) is 5.52. The lowest BCUT2D eigenvalue weighted by Gasteiger charge is -2.35. The summed E-state index contributed by atoms with van der Waals surface area (Å²) >= 11 is 0. The lowest BCUT2D eigenvalue weighted by molar-refractivity contribution is 0.00348. The van der Waals surface area contributed by atoms with E-state index in [1.165, 1.54) is 0 Å². The summed E-state index contributed by atoms with van der Waals surface area (Å²) < 4.78 is 0. The predicted molar refractivity (Wildman–Crippen MR) is 82.3 cm³/mol. The highest BCUT2D eigenvalue weighted by Crippen LogP contribution is 2.22. The molecular formula is C16H24N2O3. The van der Waals surface area contributed by atoms with Gasteiger partial charge in [-0.3, -0.25) is 4.79 Å². The number of nitrogens with one attached hydrogen (secondary N) is 1. The first-order chi connectivity index (χ1) is 10.2. The Labute approximate surface area is 125 Å². The third-order valence-corrected chi connectivity index (χ3v) is 3.94. The van der Waals surface area contributed by atoms with Gasteiger partial charge in [-0.15, -0.1) is 0 Å². The van der Waals surface area contributed by atoms with Gasteiger partial charge in [-0.25, -0.2) is 0 Å². The summed E-state index contributed by atoms with van der Waals surface area (Å²) in [5.41, 5.74) is 1.50. The van der Waals surface area contributed by atoms with Crippen molar-refractivity contribution in [2.45, 2.75) is 25.9 Å². The van der Waals surface area contributed by atoms with E-state index in [1.807, 2.05) is 24.3 Å². The second kappa shape index (κ2) is 7.43. The van der Waals surface area contributed by atoms with E-state index in [-0.39, 0.29) is 18.4 Å². The summed E-state index contributed by atoms with van der Waals surface area (Å²) in [7, 11) is 0. The van der Waals surface area contributed by atoms with E-state index in [4.69, 9.17) is 0 Å². The average Bonchev–Trinajstić information content (AvgIpc) is 2.53. The summed E-state index contributed by atoms with van der Waals surface area (Å²) in [6.45, 7) is 3.73. The molecule has 0 radical (unpaired) electrons. The number of hydrogen-bond donors (Lipinski definition) is 3. The Hall–Kier alpha value is -1.59. The average molecular weight is 292 g/mol. The molecule has 1 amide bonds. The van der Waals surface area contributed by atoms with Gasteiger partial charge in [0.2, 0.25) is 0 Å². The van der Waals surface area contributed by atoms with Crippen LogP contribution in [0.2, 0.25) is 0 Å². The Morgan fingerprint density at radius 2 is 2.19 bits per heavy atom. The maximum atomic E-state index is 12.7. The van der Waals surface area contributed by atoms with Crippen LogP contribution in [0.25, 0.3) is 0 Å². The van der Waals surface area contributed by atoms with Crippen LogP contribution in [-0.2, 0) is 0 Å². The van der Waals surface area contributed by atoms with Gasteiger partial charge in [0.25, 0.3) is 5.91 Å². The number of hydrogen-bond acceptors (Lipinski definition) is 4. The van der Waals surface area contributed by atoms with Crippen LogP contribution in [0.15, 0.2) is 24.3 Å². The Balaban J connectivity index is 2.12. The zero-order chi connectivity index (χ0) is 15.2. The lowest BCUT2D eigenvalue weighted by Crippen LogP contribution is -2.47. The summed E-state index contributed by atoms with van der Waals surface area (Å²) in [5, 5.41) is 22.4. The van der Waals surface area contributed by atoms with Crippen LogP contribution >= 0.6 is 0 Å². The largest absolute Gasteiger partial charge is 0.396 e. The fraction of sp³-hybridized carbons (Fsp3) is 0.562. The van der Waals surface area contributed by atoms with Gasteiger partial charge in [-0.1, -0.05) is 19.1 Å². The van der Waals surface area contributed by atoms with Gasteiger partial charge in [0, 0.05) is 31.2 Å². The molecule has 1 aliphatic heterocycles. The molecule has 1 fully saturated rings. The molecular weight excluding hydrogens is 268 g/mol. The predicted octanol–water partition coefficient (Wildman–Crippen LogP) is 1.32. The van der Waals surface area contributed by atoms with Gasteiger partial charge in [0.1, 0.15) is 0 Å². The monoisotopic (exact) mass is 292 g/mol. The number of carbonyl (C=O) groups excluding carboxylic acids is 1. The summed E-state index contributed by atoms with van der Waals surface area (Å²) in [4.78, 5) is 14.4. The van der Waals surface area contributed by atoms with Crippen LogP contribution in [0.5, 0.6) is 0 Å². The molecule has 3 N–H and O–H groups in total. The van der Waals surface area contributed by atoms with Crippen LogP contribution in [0.4, 0.5) is 5.69 Å². The molecule has 0 aliphatic carbocycles. The Bertz CT molecular complexity index is 478. The topological polar surface area (TPSA) is 72.8 Å². The maximum absolute atomic E-state index is 12.7. The van der Waals surface area contributed by atoms with E-state index in [0.717, 1.165) is 18.7 Å². The number of likely N-dealkylation sites (tertiary alicyclic amines) is 1. The molecule has 1 saturated heterocycles. The quantitative estimate of drug-likeness (QED) is 0.765. The van der Waals surface area contributed by atoms with Crippen molar-refractivity contribution in [3.05, 3.63) is 29.8 Å². The van der Waals surface area contributed by atoms with Crippen molar-refractivity contribution in [2.75, 3.05) is 31.6 Å². The molecule has 21 heavy (non-hydrogen) atoms. The van der Waals surface area contributed by atoms with Crippen LogP contribution in [0.1, 0.15) is 30.1 Å². The number of nitrogens with zero attached hydrogens (tertiary/aromatic N) is 1. The lowest BCUT2D eigenvalue weighted by atomic mass is 9.95. The first kappa shape index (κ1) is 15.8. The van der Waals surface area contributed by atoms with Crippen LogP contribution in [0, 0.1) is 5.92 Å². The van der Waals surface area contributed by atoms with Crippen molar-refractivity contribution < 1.29 is 15.0 Å². The van der Waals surface area contributed by atoms with Crippen molar-refractivity contribution in [3.8, 4) is 0 Å². The third-order valence-electron chi connectivity index (χ3n) is 3.94. The first-order valence-corrected chi connectivity index (χ1v) is 7.58. The zero-order valence-corrected chi connectivity index (χ0v) is 12.5. The molecule has 0 unspecified atom stereocenters. The minimum atomic E-state index is -0.521. The molecule has 0 saturated carbocycles. The number of carbonyl (C=O) groups is 1. The van der Waals surface area contributed by atoms with Crippen LogP contribution in [-0.4, -0.2) is 53.4 Å². The fourth-order valence-electron chi connectivity index (χ4n) is 2.64. The molecule has 1 aliphatic rings. The van der Waals surface area contributed by atoms with Gasteiger partial charge in [0.05, 0.1) is 18.3 Å². The van der Waals surface area contributed by atoms with Crippen molar-refractivity contribution in [1.82, 2.24) is 4.90 Å². The van der Waals surface area contributed by atoms with E-state index >= 15 is 0 Å². The van der Waals surface area contributed by atoms with Crippen LogP contribution < -0.4 is 5.32 Å². The Morgan fingerprint density at radius 3 is 2.90 bits per heavy atom. The summed E-state index contributed by atoms with van der Waals surface area (Å²) in [5.74, 6) is -0.294. The highest BCUT2D eigenvalue weighted by molar-refractivity contribution is 5.99. The molecule has 0 spiro atoms. The second-order valence-corrected chi connectivity index (χ2v) is 5.52. The zero-order valence-electron chi connectivity index (χ0n) is 12.5. The van der Waals surface area contributed by atoms with Crippen molar-refractivity contribution >= 4 is 11.6 Å². The Morgan fingerprint density at radius 1 is 1.43 bits per heavy atom. The normalized spacial score (nSPS) is 22.1. The van der Waals surface area contributed by atoms with Crippen molar-refractivity contribution in [3.63, 3.8) is 0 Å². The van der Waals surface area contributed by atoms with Gasteiger partial charge in [-0.05, 0) is 25.0 Å². The van der Waals surface area contributed by atoms with E-state index in [1.54, 1.807) is 4.90 Å². The van der Waals surface area contributed by atoms with Gasteiger partial charge < -0.3 is 20.4 Å². The molecule has 5 heteroatoms. The highest BCUT2D eigenvalue weighted by atomic mass is 16.3. The molecule has 116 valence electrons. The van der Waals surface area contributed by atoms with Gasteiger partial charge in [-0.2, -0.15) is 0 Å². The molecule has 0 aromatic heterocycles. The summed E-state index contributed by atoms with van der Waals surface area (Å²) in [6.07, 6.45) is 0.986. The third kappa shape index (κ3) is 3.74. The number of aliphatic hydroxyl groups is 2. The van der Waals surface area contributed by atoms with Gasteiger partial charge >= 0.3 is 0 Å². The number of anilines is 1. The van der Waals surface area contributed by atoms with Gasteiger partial charge in [0.15, 0.2) is 0 Å². The minimum absolute atomic E-state index is 0.0421. The number of para-hydroxylation sites is 1. The standard InChI is InChI=1S/C16H24N2O3/c1-2-8-17-14-6-4-3-5-13(14)16(21)18-9-7-15(20)12(10-18)11-19/h3-6,12,15,17,19-20H,2,7-11H2,1H3/t12-,15-/m1/s1. The Kier molecular flexibility index (Phi) is 5.59. The van der Waals surface area contributed by atoms with E-state index in [9.17, 15) is 15.0 Å². The minimum Gasteiger partial charge on any atom is -0.396 e. The molecule has 1 aromatic rings.